The van der Waals surface area contributed by atoms with E-state index in [0.29, 0.717) is 19.1 Å². The van der Waals surface area contributed by atoms with Crippen molar-refractivity contribution in [2.24, 2.45) is 0 Å². The summed E-state index contributed by atoms with van der Waals surface area (Å²) >= 11 is 0. The lowest BCUT2D eigenvalue weighted by molar-refractivity contribution is 0.660. The average molecular weight is 296 g/mol. The van der Waals surface area contributed by atoms with Crippen LogP contribution in [0.3, 0.4) is 0 Å². The first-order chi connectivity index (χ1) is 10.6. The van der Waals surface area contributed by atoms with Crippen molar-refractivity contribution < 1.29 is 0 Å². The molecule has 1 aliphatic carbocycles. The molecule has 0 saturated heterocycles. The van der Waals surface area contributed by atoms with E-state index in [1.54, 1.807) is 0 Å². The maximum atomic E-state index is 12.7. The smallest absolute Gasteiger partial charge is 0.255 e. The molecule has 3 heteroatoms. The van der Waals surface area contributed by atoms with Crippen molar-refractivity contribution in [2.75, 3.05) is 0 Å². The van der Waals surface area contributed by atoms with Gasteiger partial charge in [-0.25, -0.2) is 0 Å². The summed E-state index contributed by atoms with van der Waals surface area (Å²) < 4.78 is 1.89. The van der Waals surface area contributed by atoms with E-state index in [1.807, 2.05) is 17.6 Å². The third-order valence-corrected chi connectivity index (χ3v) is 4.39. The van der Waals surface area contributed by atoms with Crippen LogP contribution in [-0.2, 0) is 13.1 Å². The van der Waals surface area contributed by atoms with Crippen molar-refractivity contribution in [1.82, 2.24) is 9.88 Å². The van der Waals surface area contributed by atoms with E-state index in [4.69, 9.17) is 0 Å². The number of nitrogens with one attached hydrogen (secondary N) is 1. The minimum atomic E-state index is 0.133. The topological polar surface area (TPSA) is 34.0 Å². The number of aromatic nitrogens is 1. The van der Waals surface area contributed by atoms with Gasteiger partial charge in [0.25, 0.3) is 5.56 Å². The Balaban J connectivity index is 2.00. The van der Waals surface area contributed by atoms with E-state index in [9.17, 15) is 4.79 Å². The Bertz CT molecular complexity index is 742. The molecule has 0 amide bonds. The zero-order valence-corrected chi connectivity index (χ0v) is 13.6. The van der Waals surface area contributed by atoms with E-state index in [1.165, 1.54) is 24.0 Å². The Morgan fingerprint density at radius 3 is 2.59 bits per heavy atom. The van der Waals surface area contributed by atoms with Crippen molar-refractivity contribution in [3.05, 3.63) is 57.4 Å². The lowest BCUT2D eigenvalue weighted by atomic mass is 10.0. The van der Waals surface area contributed by atoms with Crippen molar-refractivity contribution in [1.29, 1.82) is 0 Å². The molecule has 116 valence electrons. The maximum Gasteiger partial charge on any atom is 0.255 e. The van der Waals surface area contributed by atoms with Crippen molar-refractivity contribution in [3.63, 3.8) is 0 Å². The van der Waals surface area contributed by atoms with Gasteiger partial charge in [-0.1, -0.05) is 29.8 Å². The number of rotatable bonds is 5. The lowest BCUT2D eigenvalue weighted by Crippen LogP contribution is -2.28. The van der Waals surface area contributed by atoms with E-state index in [2.05, 4.69) is 43.4 Å². The molecule has 1 aromatic heterocycles. The minimum Gasteiger partial charge on any atom is -0.310 e. The normalized spacial score (nSPS) is 14.3. The summed E-state index contributed by atoms with van der Waals surface area (Å²) in [5.41, 5.74) is 5.61. The molecule has 0 bridgehead atoms. The van der Waals surface area contributed by atoms with Gasteiger partial charge in [-0.3, -0.25) is 4.79 Å². The largest absolute Gasteiger partial charge is 0.310 e. The second-order valence-corrected chi connectivity index (χ2v) is 6.27. The van der Waals surface area contributed by atoms with E-state index >= 15 is 0 Å². The Morgan fingerprint density at radius 2 is 1.95 bits per heavy atom. The van der Waals surface area contributed by atoms with Crippen LogP contribution in [0.1, 0.15) is 36.5 Å². The first-order valence-corrected chi connectivity index (χ1v) is 8.14. The molecule has 0 unspecified atom stereocenters. The lowest BCUT2D eigenvalue weighted by Gasteiger charge is -2.15. The second kappa shape index (κ2) is 6.09. The van der Waals surface area contributed by atoms with Crippen molar-refractivity contribution in [3.8, 4) is 11.3 Å². The number of nitrogens with zero attached hydrogens (tertiary/aromatic N) is 1. The molecule has 2 aromatic rings. The Hall–Kier alpha value is -1.87. The highest BCUT2D eigenvalue weighted by atomic mass is 16.1. The summed E-state index contributed by atoms with van der Waals surface area (Å²) in [5, 5.41) is 3.43. The summed E-state index contributed by atoms with van der Waals surface area (Å²) in [7, 11) is 0. The number of benzene rings is 1. The molecule has 1 aliphatic rings. The van der Waals surface area contributed by atoms with Crippen LogP contribution in [0, 0.1) is 13.8 Å². The van der Waals surface area contributed by atoms with E-state index in [-0.39, 0.29) is 5.56 Å². The summed E-state index contributed by atoms with van der Waals surface area (Å²) in [6.07, 6.45) is 2.48. The number of hydrogen-bond donors (Lipinski definition) is 1. The quantitative estimate of drug-likeness (QED) is 0.917. The molecule has 1 saturated carbocycles. The molecule has 0 spiro atoms. The molecule has 0 radical (unpaired) electrons. The Morgan fingerprint density at radius 1 is 1.18 bits per heavy atom. The first-order valence-electron chi connectivity index (χ1n) is 8.14. The van der Waals surface area contributed by atoms with Crippen LogP contribution >= 0.6 is 0 Å². The predicted octanol–water partition coefficient (Wildman–Crippen LogP) is 3.40. The number of hydrogen-bond acceptors (Lipinski definition) is 2. The molecule has 1 heterocycles. The fourth-order valence-corrected chi connectivity index (χ4v) is 2.95. The fourth-order valence-electron chi connectivity index (χ4n) is 2.95. The van der Waals surface area contributed by atoms with Gasteiger partial charge in [0.05, 0.1) is 5.69 Å². The molecule has 0 atom stereocenters. The van der Waals surface area contributed by atoms with Gasteiger partial charge in [-0.15, -0.1) is 0 Å². The van der Waals surface area contributed by atoms with Gasteiger partial charge in [0, 0.05) is 30.3 Å². The molecule has 1 aromatic carbocycles. The molecule has 3 nitrogen and oxygen atoms in total. The van der Waals surface area contributed by atoms with Crippen LogP contribution in [0.15, 0.2) is 35.1 Å². The van der Waals surface area contributed by atoms with Crippen LogP contribution in [0.25, 0.3) is 11.3 Å². The first kappa shape index (κ1) is 15.0. The zero-order valence-electron chi connectivity index (χ0n) is 13.6. The van der Waals surface area contributed by atoms with Crippen molar-refractivity contribution >= 4 is 0 Å². The van der Waals surface area contributed by atoms with Gasteiger partial charge in [0.2, 0.25) is 0 Å². The molecule has 22 heavy (non-hydrogen) atoms. The van der Waals surface area contributed by atoms with Crippen molar-refractivity contribution in [2.45, 2.75) is 52.7 Å². The molecule has 3 rings (SSSR count). The number of pyridine rings is 1. The highest BCUT2D eigenvalue weighted by Gasteiger charge is 2.21. The number of aryl methyl sites for hydroxylation is 2. The minimum absolute atomic E-state index is 0.133. The fraction of sp³-hybridized carbons (Fsp3) is 0.421. The van der Waals surface area contributed by atoms with Crippen LogP contribution in [0.5, 0.6) is 0 Å². The third kappa shape index (κ3) is 3.00. The van der Waals surface area contributed by atoms with Crippen LogP contribution in [0.4, 0.5) is 0 Å². The van der Waals surface area contributed by atoms with Crippen LogP contribution in [0.2, 0.25) is 0 Å². The summed E-state index contributed by atoms with van der Waals surface area (Å²) in [6.45, 7) is 7.60. The highest BCUT2D eigenvalue weighted by molar-refractivity contribution is 5.64. The average Bonchev–Trinajstić information content (AvgIpc) is 3.30. The third-order valence-electron chi connectivity index (χ3n) is 4.39. The molecule has 1 fully saturated rings. The van der Waals surface area contributed by atoms with Gasteiger partial charge in [0.1, 0.15) is 0 Å². The monoisotopic (exact) mass is 296 g/mol. The van der Waals surface area contributed by atoms with Gasteiger partial charge < -0.3 is 9.88 Å². The molecular formula is C19H24N2O. The van der Waals surface area contributed by atoms with Gasteiger partial charge in [0.15, 0.2) is 0 Å². The second-order valence-electron chi connectivity index (χ2n) is 6.27. The Labute approximate surface area is 132 Å². The molecular weight excluding hydrogens is 272 g/mol. The van der Waals surface area contributed by atoms with Crippen LogP contribution in [-0.4, -0.2) is 10.6 Å². The highest BCUT2D eigenvalue weighted by Crippen LogP contribution is 2.24. The SMILES string of the molecule is CCn1c(-c2ccc(C)cc2C)ccc(CNC2CC2)c1=O. The predicted molar refractivity (Wildman–Crippen MR) is 91.1 cm³/mol. The van der Waals surface area contributed by atoms with Gasteiger partial charge in [-0.05, 0) is 45.2 Å². The van der Waals surface area contributed by atoms with Gasteiger partial charge >= 0.3 is 0 Å². The maximum absolute atomic E-state index is 12.7. The molecule has 1 N–H and O–H groups in total. The standard InChI is InChI=1S/C19H24N2O/c1-4-21-18(17-9-5-13(2)11-14(17)3)10-6-15(19(21)22)12-20-16-7-8-16/h5-6,9-11,16,20H,4,7-8,12H2,1-3H3. The zero-order chi connectivity index (χ0) is 15.7. The van der Waals surface area contributed by atoms with E-state index in [0.717, 1.165) is 16.8 Å². The Kier molecular flexibility index (Phi) is 4.16. The molecule has 0 aliphatic heterocycles. The summed E-state index contributed by atoms with van der Waals surface area (Å²) in [4.78, 5) is 12.7. The summed E-state index contributed by atoms with van der Waals surface area (Å²) in [6, 6.07) is 11.1. The van der Waals surface area contributed by atoms with E-state index < -0.39 is 0 Å². The van der Waals surface area contributed by atoms with Crippen LogP contribution < -0.4 is 10.9 Å². The van der Waals surface area contributed by atoms with Gasteiger partial charge in [-0.2, -0.15) is 0 Å². The summed E-state index contributed by atoms with van der Waals surface area (Å²) in [5.74, 6) is 0.